The second-order valence-electron chi connectivity index (χ2n) is 2.70. The van der Waals surface area contributed by atoms with Crippen molar-refractivity contribution in [3.05, 3.63) is 23.2 Å². The molecule has 0 aliphatic heterocycles. The van der Waals surface area contributed by atoms with Gasteiger partial charge in [0.1, 0.15) is 5.82 Å². The number of hydrogen-bond acceptors (Lipinski definition) is 7. The molecule has 0 amide bonds. The molecule has 2 rings (SSSR count). The number of rotatable bonds is 3. The van der Waals surface area contributed by atoms with E-state index in [9.17, 15) is 0 Å². The van der Waals surface area contributed by atoms with Crippen LogP contribution in [0.5, 0.6) is 0 Å². The third kappa shape index (κ3) is 2.59. The van der Waals surface area contributed by atoms with E-state index >= 15 is 0 Å². The van der Waals surface area contributed by atoms with Gasteiger partial charge in [-0.05, 0) is 18.5 Å². The van der Waals surface area contributed by atoms with Gasteiger partial charge in [-0.3, -0.25) is 0 Å². The highest BCUT2D eigenvalue weighted by Crippen LogP contribution is 2.05. The highest BCUT2D eigenvalue weighted by molar-refractivity contribution is 6.28. The van der Waals surface area contributed by atoms with Crippen molar-refractivity contribution in [1.29, 1.82) is 0 Å². The minimum absolute atomic E-state index is 0.0849. The molecule has 0 spiro atoms. The maximum atomic E-state index is 5.55. The summed E-state index contributed by atoms with van der Waals surface area (Å²) < 4.78 is 4.90. The zero-order chi connectivity index (χ0) is 10.7. The maximum absolute atomic E-state index is 5.55. The summed E-state index contributed by atoms with van der Waals surface area (Å²) in [7, 11) is 0. The van der Waals surface area contributed by atoms with Gasteiger partial charge in [-0.1, -0.05) is 5.16 Å². The molecule has 0 fully saturated rings. The summed E-state index contributed by atoms with van der Waals surface area (Å²) in [6.45, 7) is 2.12. The average Bonchev–Trinajstić information content (AvgIpc) is 2.62. The van der Waals surface area contributed by atoms with Crippen molar-refractivity contribution in [2.24, 2.45) is 0 Å². The molecule has 2 aromatic rings. The van der Waals surface area contributed by atoms with Crippen LogP contribution in [0.3, 0.4) is 0 Å². The number of nitrogens with zero attached hydrogens (tertiary/aromatic N) is 5. The highest BCUT2D eigenvalue weighted by atomic mass is 35.5. The molecule has 15 heavy (non-hydrogen) atoms. The lowest BCUT2D eigenvalue weighted by molar-refractivity contribution is 0.379. The summed E-state index contributed by atoms with van der Waals surface area (Å²) >= 11 is 5.55. The number of nitrogens with one attached hydrogen (secondary N) is 1. The summed E-state index contributed by atoms with van der Waals surface area (Å²) in [6.07, 6.45) is 1.45. The fraction of sp³-hybridized carbons (Fsp3) is 0.286. The van der Waals surface area contributed by atoms with Crippen LogP contribution in [-0.4, -0.2) is 25.3 Å². The first kappa shape index (κ1) is 9.78. The summed E-state index contributed by atoms with van der Waals surface area (Å²) in [5.74, 6) is 1.57. The van der Waals surface area contributed by atoms with Crippen LogP contribution < -0.4 is 5.32 Å². The Kier molecular flexibility index (Phi) is 2.72. The van der Waals surface area contributed by atoms with Crippen molar-refractivity contribution in [3.63, 3.8) is 0 Å². The molecule has 0 unspecified atom stereocenters. The lowest BCUT2D eigenvalue weighted by Crippen LogP contribution is -2.03. The van der Waals surface area contributed by atoms with E-state index in [2.05, 4.69) is 30.6 Å². The van der Waals surface area contributed by atoms with E-state index < -0.39 is 0 Å². The third-order valence-electron chi connectivity index (χ3n) is 1.52. The van der Waals surface area contributed by atoms with Gasteiger partial charge in [0.05, 0.1) is 12.7 Å². The third-order valence-corrected chi connectivity index (χ3v) is 1.68. The zero-order valence-corrected chi connectivity index (χ0v) is 8.56. The molecule has 7 nitrogen and oxygen atoms in total. The number of hydrogen-bond donors (Lipinski definition) is 1. The van der Waals surface area contributed by atoms with Crippen LogP contribution in [0.15, 0.2) is 10.7 Å². The molecule has 8 heteroatoms. The van der Waals surface area contributed by atoms with Gasteiger partial charge in [-0.25, -0.2) is 0 Å². The lowest BCUT2D eigenvalue weighted by atomic mass is 10.6. The number of aromatic nitrogens is 5. The van der Waals surface area contributed by atoms with Crippen LogP contribution in [0.2, 0.25) is 5.28 Å². The quantitative estimate of drug-likeness (QED) is 0.829. The van der Waals surface area contributed by atoms with Crippen molar-refractivity contribution in [2.75, 3.05) is 5.32 Å². The number of halogens is 1. The van der Waals surface area contributed by atoms with Gasteiger partial charge < -0.3 is 9.84 Å². The second kappa shape index (κ2) is 4.18. The SMILES string of the molecule is Cc1noc(CNc2cnnc(Cl)n2)n1. The topological polar surface area (TPSA) is 89.6 Å². The van der Waals surface area contributed by atoms with E-state index in [0.717, 1.165) is 0 Å². The van der Waals surface area contributed by atoms with E-state index in [1.54, 1.807) is 6.92 Å². The van der Waals surface area contributed by atoms with Gasteiger partial charge in [0.25, 0.3) is 0 Å². The largest absolute Gasteiger partial charge is 0.360 e. The Bertz CT molecular complexity index is 458. The minimum Gasteiger partial charge on any atom is -0.360 e. The summed E-state index contributed by atoms with van der Waals surface area (Å²) in [6, 6.07) is 0. The fourth-order valence-electron chi connectivity index (χ4n) is 0.945. The van der Waals surface area contributed by atoms with Crippen LogP contribution in [0.4, 0.5) is 5.82 Å². The molecule has 2 heterocycles. The van der Waals surface area contributed by atoms with Crippen molar-refractivity contribution >= 4 is 17.4 Å². The van der Waals surface area contributed by atoms with Gasteiger partial charge in [0.15, 0.2) is 5.82 Å². The van der Waals surface area contributed by atoms with Gasteiger partial charge in [0, 0.05) is 0 Å². The molecule has 0 aliphatic carbocycles. The van der Waals surface area contributed by atoms with E-state index in [-0.39, 0.29) is 5.28 Å². The van der Waals surface area contributed by atoms with E-state index in [1.807, 2.05) is 0 Å². The molecule has 78 valence electrons. The predicted molar refractivity (Wildman–Crippen MR) is 51.2 cm³/mol. The van der Waals surface area contributed by atoms with Gasteiger partial charge in [0.2, 0.25) is 11.2 Å². The van der Waals surface area contributed by atoms with Gasteiger partial charge >= 0.3 is 0 Å². The summed E-state index contributed by atoms with van der Waals surface area (Å²) in [5, 5.41) is 13.8. The van der Waals surface area contributed by atoms with Crippen molar-refractivity contribution < 1.29 is 4.52 Å². The Morgan fingerprint density at radius 3 is 3.00 bits per heavy atom. The highest BCUT2D eigenvalue weighted by Gasteiger charge is 2.03. The standard InChI is InChI=1S/C7H7ClN6O/c1-4-11-6(15-14-4)3-9-5-2-10-13-7(8)12-5/h2H,3H2,1H3,(H,9,12,13). The second-order valence-corrected chi connectivity index (χ2v) is 3.04. The lowest BCUT2D eigenvalue weighted by Gasteiger charge is -1.99. The number of aryl methyl sites for hydroxylation is 1. The first-order valence-electron chi connectivity index (χ1n) is 4.12. The Morgan fingerprint density at radius 1 is 1.47 bits per heavy atom. The van der Waals surface area contributed by atoms with Crippen LogP contribution >= 0.6 is 11.6 Å². The normalized spacial score (nSPS) is 10.3. The van der Waals surface area contributed by atoms with Crippen molar-refractivity contribution in [3.8, 4) is 0 Å². The molecule has 0 aliphatic rings. The van der Waals surface area contributed by atoms with Crippen LogP contribution in [0, 0.1) is 6.92 Å². The van der Waals surface area contributed by atoms with Crippen LogP contribution in [0.25, 0.3) is 0 Å². The van der Waals surface area contributed by atoms with Crippen LogP contribution in [-0.2, 0) is 6.54 Å². The molecule has 0 aromatic carbocycles. The van der Waals surface area contributed by atoms with Gasteiger partial charge in [-0.2, -0.15) is 15.1 Å². The molecule has 2 aromatic heterocycles. The minimum atomic E-state index is 0.0849. The molecular weight excluding hydrogens is 220 g/mol. The van der Waals surface area contributed by atoms with E-state index in [1.165, 1.54) is 6.20 Å². The van der Waals surface area contributed by atoms with E-state index in [4.69, 9.17) is 16.1 Å². The molecule has 0 bridgehead atoms. The van der Waals surface area contributed by atoms with Crippen molar-refractivity contribution in [2.45, 2.75) is 13.5 Å². The van der Waals surface area contributed by atoms with Crippen LogP contribution in [0.1, 0.15) is 11.7 Å². The molecular formula is C7H7ClN6O. The molecule has 1 N–H and O–H groups in total. The smallest absolute Gasteiger partial charge is 0.245 e. The summed E-state index contributed by atoms with van der Waals surface area (Å²) in [5.41, 5.74) is 0. The van der Waals surface area contributed by atoms with Gasteiger partial charge in [-0.15, -0.1) is 5.10 Å². The Balaban J connectivity index is 1.99. The van der Waals surface area contributed by atoms with Crippen molar-refractivity contribution in [1.82, 2.24) is 25.3 Å². The Labute approximate surface area is 89.9 Å². The molecule has 0 saturated heterocycles. The van der Waals surface area contributed by atoms with E-state index in [0.29, 0.717) is 24.1 Å². The monoisotopic (exact) mass is 226 g/mol. The average molecular weight is 227 g/mol. The molecule has 0 radical (unpaired) electrons. The maximum Gasteiger partial charge on any atom is 0.245 e. The first-order chi connectivity index (χ1) is 7.24. The Morgan fingerprint density at radius 2 is 2.33 bits per heavy atom. The predicted octanol–water partition coefficient (Wildman–Crippen LogP) is 0.829. The first-order valence-corrected chi connectivity index (χ1v) is 4.50. The number of anilines is 1. The summed E-state index contributed by atoms with van der Waals surface area (Å²) in [4.78, 5) is 7.90. The molecule has 0 atom stereocenters. The fourth-order valence-corrected chi connectivity index (χ4v) is 1.08. The molecule has 0 saturated carbocycles. The Hall–Kier alpha value is -1.76. The zero-order valence-electron chi connectivity index (χ0n) is 7.81.